The number of hydrogen-bond acceptors (Lipinski definition) is 7. The van der Waals surface area contributed by atoms with Gasteiger partial charge in [-0.15, -0.1) is 0 Å². The highest BCUT2D eigenvalue weighted by Gasteiger charge is 2.41. The van der Waals surface area contributed by atoms with Gasteiger partial charge in [-0.05, 0) is 37.6 Å². The molecule has 27 heavy (non-hydrogen) atoms. The third-order valence-corrected chi connectivity index (χ3v) is 10.1. The first kappa shape index (κ1) is 20.7. The molecule has 0 radical (unpaired) electrons. The molecule has 0 bridgehead atoms. The summed E-state index contributed by atoms with van der Waals surface area (Å²) in [4.78, 5) is -0.119. The van der Waals surface area contributed by atoms with Crippen LogP contribution in [0.4, 0.5) is 0 Å². The molecule has 2 heterocycles. The van der Waals surface area contributed by atoms with E-state index in [-0.39, 0.29) is 40.8 Å². The molecule has 1 aromatic carbocycles. The molecule has 9 nitrogen and oxygen atoms in total. The minimum Gasteiger partial charge on any atom is -0.379 e. The molecule has 0 aliphatic carbocycles. The maximum Gasteiger partial charge on any atom is 0.243 e. The van der Waals surface area contributed by atoms with Crippen LogP contribution in [0.5, 0.6) is 0 Å². The molecule has 152 valence electrons. The van der Waals surface area contributed by atoms with E-state index in [0.717, 1.165) is 0 Å². The number of ether oxygens (including phenoxy) is 1. The van der Waals surface area contributed by atoms with E-state index in [1.54, 1.807) is 6.92 Å². The van der Waals surface area contributed by atoms with Crippen LogP contribution < -0.4 is 4.72 Å². The number of nitrogens with one attached hydrogen (secondary N) is 1. The lowest BCUT2D eigenvalue weighted by atomic mass is 10.0. The zero-order valence-electron chi connectivity index (χ0n) is 14.8. The third-order valence-electron chi connectivity index (χ3n) is 4.63. The van der Waals surface area contributed by atoms with E-state index >= 15 is 0 Å². The van der Waals surface area contributed by atoms with Crippen molar-refractivity contribution in [1.29, 1.82) is 0 Å². The number of morpholine rings is 1. The molecule has 12 heteroatoms. The average molecular weight is 439 g/mol. The summed E-state index contributed by atoms with van der Waals surface area (Å²) in [5.74, 6) is -0.328. The summed E-state index contributed by atoms with van der Waals surface area (Å²) in [7, 11) is -11.0. The van der Waals surface area contributed by atoms with Crippen LogP contribution in [0.3, 0.4) is 0 Å². The Morgan fingerprint density at radius 3 is 2.11 bits per heavy atom. The number of sulfone groups is 1. The van der Waals surface area contributed by atoms with Crippen LogP contribution in [0.25, 0.3) is 0 Å². The molecule has 0 spiro atoms. The molecule has 2 aliphatic rings. The van der Waals surface area contributed by atoms with Crippen molar-refractivity contribution in [2.24, 2.45) is 0 Å². The summed E-state index contributed by atoms with van der Waals surface area (Å²) in [6.45, 7) is 2.67. The fourth-order valence-electron chi connectivity index (χ4n) is 3.20. The fraction of sp³-hybridized carbons (Fsp3) is 0.600. The Kier molecular flexibility index (Phi) is 5.42. The Bertz CT molecular complexity index is 1010. The molecule has 1 aromatic rings. The van der Waals surface area contributed by atoms with Crippen molar-refractivity contribution < 1.29 is 30.0 Å². The monoisotopic (exact) mass is 438 g/mol. The van der Waals surface area contributed by atoms with E-state index in [2.05, 4.69) is 4.72 Å². The van der Waals surface area contributed by atoms with Crippen molar-refractivity contribution >= 4 is 29.9 Å². The molecule has 2 saturated heterocycles. The molecule has 0 amide bonds. The molecule has 3 rings (SSSR count). The van der Waals surface area contributed by atoms with Gasteiger partial charge < -0.3 is 4.74 Å². The first-order valence-electron chi connectivity index (χ1n) is 8.36. The second-order valence-electron chi connectivity index (χ2n) is 7.00. The summed E-state index contributed by atoms with van der Waals surface area (Å²) >= 11 is 0. The molecular weight excluding hydrogens is 416 g/mol. The van der Waals surface area contributed by atoms with E-state index in [1.807, 2.05) is 0 Å². The van der Waals surface area contributed by atoms with E-state index in [9.17, 15) is 25.3 Å². The van der Waals surface area contributed by atoms with Gasteiger partial charge in [0.2, 0.25) is 20.0 Å². The maximum atomic E-state index is 12.6. The summed E-state index contributed by atoms with van der Waals surface area (Å²) in [5, 5.41) is 0. The van der Waals surface area contributed by atoms with Crippen molar-refractivity contribution in [3.8, 4) is 0 Å². The minimum absolute atomic E-state index is 0.00185. The minimum atomic E-state index is -3.98. The third kappa shape index (κ3) is 4.51. The molecule has 1 N–H and O–H groups in total. The summed E-state index contributed by atoms with van der Waals surface area (Å²) < 4.78 is 82.5. The van der Waals surface area contributed by atoms with Gasteiger partial charge in [-0.2, -0.15) is 4.31 Å². The Morgan fingerprint density at radius 1 is 1.04 bits per heavy atom. The largest absolute Gasteiger partial charge is 0.379 e. The van der Waals surface area contributed by atoms with Crippen molar-refractivity contribution in [2.45, 2.75) is 28.7 Å². The van der Waals surface area contributed by atoms with Gasteiger partial charge in [0, 0.05) is 18.6 Å². The van der Waals surface area contributed by atoms with E-state index in [4.69, 9.17) is 4.74 Å². The van der Waals surface area contributed by atoms with Gasteiger partial charge in [-0.25, -0.2) is 30.0 Å². The van der Waals surface area contributed by atoms with Crippen LogP contribution in [0, 0.1) is 0 Å². The predicted octanol–water partition coefficient (Wildman–Crippen LogP) is -0.437. The lowest BCUT2D eigenvalue weighted by molar-refractivity contribution is 0.0730. The van der Waals surface area contributed by atoms with Gasteiger partial charge in [0.25, 0.3) is 0 Å². The van der Waals surface area contributed by atoms with Crippen molar-refractivity contribution in [3.63, 3.8) is 0 Å². The number of nitrogens with zero attached hydrogens (tertiary/aromatic N) is 1. The standard InChI is InChI=1S/C15H22N2O7S3/c1-15(6-11-25(18,19)12-15)16-26(20,21)13-2-4-14(5-3-13)27(22,23)17-7-9-24-10-8-17/h2-5,16H,6-12H2,1H3/t15-/m1/s1. The zero-order valence-corrected chi connectivity index (χ0v) is 17.2. The number of hydrogen-bond donors (Lipinski definition) is 1. The fourth-order valence-corrected chi connectivity index (χ4v) is 8.23. The van der Waals surface area contributed by atoms with Gasteiger partial charge in [-0.3, -0.25) is 0 Å². The van der Waals surface area contributed by atoms with Crippen LogP contribution in [-0.2, 0) is 34.6 Å². The zero-order chi connectivity index (χ0) is 19.9. The van der Waals surface area contributed by atoms with E-state index in [1.165, 1.54) is 28.6 Å². The Morgan fingerprint density at radius 2 is 1.59 bits per heavy atom. The number of benzene rings is 1. The Labute approximate surface area is 159 Å². The summed E-state index contributed by atoms with van der Waals surface area (Å²) in [6.07, 6.45) is 0.193. The predicted molar refractivity (Wildman–Crippen MR) is 98.0 cm³/mol. The van der Waals surface area contributed by atoms with Gasteiger partial charge in [-0.1, -0.05) is 0 Å². The maximum absolute atomic E-state index is 12.6. The van der Waals surface area contributed by atoms with Crippen LogP contribution in [0.15, 0.2) is 34.1 Å². The van der Waals surface area contributed by atoms with E-state index < -0.39 is 35.4 Å². The smallest absolute Gasteiger partial charge is 0.243 e. The first-order valence-corrected chi connectivity index (χ1v) is 13.1. The molecule has 2 fully saturated rings. The molecular formula is C15H22N2O7S3. The molecule has 1 atom stereocenters. The second-order valence-corrected chi connectivity index (χ2v) is 12.8. The molecule has 0 aromatic heterocycles. The van der Waals surface area contributed by atoms with Crippen LogP contribution in [-0.4, -0.2) is 72.9 Å². The van der Waals surface area contributed by atoms with E-state index in [0.29, 0.717) is 13.2 Å². The highest BCUT2D eigenvalue weighted by atomic mass is 32.2. The van der Waals surface area contributed by atoms with Gasteiger partial charge in [0.15, 0.2) is 9.84 Å². The van der Waals surface area contributed by atoms with Crippen LogP contribution >= 0.6 is 0 Å². The number of rotatable bonds is 5. The van der Waals surface area contributed by atoms with Crippen molar-refractivity contribution in [1.82, 2.24) is 9.03 Å². The summed E-state index contributed by atoms with van der Waals surface area (Å²) in [5.41, 5.74) is -1.07. The first-order chi connectivity index (χ1) is 12.4. The summed E-state index contributed by atoms with van der Waals surface area (Å²) in [6, 6.07) is 4.91. The lowest BCUT2D eigenvalue weighted by Gasteiger charge is -2.26. The Balaban J connectivity index is 1.80. The Hall–Kier alpha value is -1.05. The highest BCUT2D eigenvalue weighted by Crippen LogP contribution is 2.26. The number of sulfonamides is 2. The van der Waals surface area contributed by atoms with Crippen LogP contribution in [0.1, 0.15) is 13.3 Å². The molecule has 0 saturated carbocycles. The van der Waals surface area contributed by atoms with Gasteiger partial charge >= 0.3 is 0 Å². The second kappa shape index (κ2) is 7.08. The van der Waals surface area contributed by atoms with Gasteiger partial charge in [0.05, 0.1) is 34.5 Å². The normalized spacial score (nSPS) is 26.9. The van der Waals surface area contributed by atoms with Crippen molar-refractivity contribution in [3.05, 3.63) is 24.3 Å². The molecule has 2 aliphatic heterocycles. The average Bonchev–Trinajstić information content (AvgIpc) is 2.88. The van der Waals surface area contributed by atoms with Crippen molar-refractivity contribution in [2.75, 3.05) is 37.8 Å². The quantitative estimate of drug-likeness (QED) is 0.660. The topological polar surface area (TPSA) is 127 Å². The molecule has 0 unspecified atom stereocenters. The lowest BCUT2D eigenvalue weighted by Crippen LogP contribution is -2.46. The van der Waals surface area contributed by atoms with Crippen LogP contribution in [0.2, 0.25) is 0 Å². The highest BCUT2D eigenvalue weighted by molar-refractivity contribution is 7.92. The van der Waals surface area contributed by atoms with Gasteiger partial charge in [0.1, 0.15) is 0 Å². The SMILES string of the molecule is C[C@@]1(NS(=O)(=O)c2ccc(S(=O)(=O)N3CCOCC3)cc2)CCS(=O)(=O)C1.